The average Bonchev–Trinajstić information content (AvgIpc) is 3.35. The normalized spacial score (nSPS) is 28.4. The number of esters is 1. The summed E-state index contributed by atoms with van der Waals surface area (Å²) in [6.45, 7) is 9.21. The second kappa shape index (κ2) is 15.7. The predicted molar refractivity (Wildman–Crippen MR) is 168 cm³/mol. The summed E-state index contributed by atoms with van der Waals surface area (Å²) in [6.07, 6.45) is 3.58. The summed E-state index contributed by atoms with van der Waals surface area (Å²) in [5.41, 5.74) is 1.52. The van der Waals surface area contributed by atoms with Crippen molar-refractivity contribution in [3.63, 3.8) is 0 Å². The van der Waals surface area contributed by atoms with Crippen molar-refractivity contribution in [2.75, 3.05) is 64.4 Å². The number of piperazine rings is 1. The Morgan fingerprint density at radius 1 is 1.07 bits per heavy atom. The van der Waals surface area contributed by atoms with Gasteiger partial charge in [-0.25, -0.2) is 14.0 Å². The molecule has 0 bridgehead atoms. The molecule has 12 heteroatoms. The van der Waals surface area contributed by atoms with Crippen molar-refractivity contribution < 1.29 is 38.5 Å². The molecule has 0 aromatic heterocycles. The first-order valence-corrected chi connectivity index (χ1v) is 15.8. The highest BCUT2D eigenvalue weighted by molar-refractivity contribution is 5.94. The van der Waals surface area contributed by atoms with Crippen molar-refractivity contribution in [2.24, 2.45) is 11.8 Å². The number of amides is 3. The van der Waals surface area contributed by atoms with Crippen molar-refractivity contribution in [3.05, 3.63) is 47.3 Å². The number of β-amino-alcohol motifs (C(OH)–C–C–N with tert-alkyl or cyclic N) is 1. The van der Waals surface area contributed by atoms with Crippen LogP contribution in [0.3, 0.4) is 0 Å². The van der Waals surface area contributed by atoms with E-state index in [0.29, 0.717) is 55.8 Å². The van der Waals surface area contributed by atoms with E-state index < -0.39 is 30.1 Å². The van der Waals surface area contributed by atoms with E-state index >= 15 is 0 Å². The molecule has 2 N–H and O–H groups in total. The first-order chi connectivity index (χ1) is 21.4. The van der Waals surface area contributed by atoms with Gasteiger partial charge in [-0.1, -0.05) is 26.0 Å². The number of anilines is 1. The van der Waals surface area contributed by atoms with E-state index in [1.807, 2.05) is 33.0 Å². The van der Waals surface area contributed by atoms with Gasteiger partial charge in [-0.05, 0) is 68.1 Å². The number of ether oxygens (including phenoxy) is 2. The average molecular weight is 631 g/mol. The Hall–Kier alpha value is -3.48. The molecule has 3 aliphatic rings. The van der Waals surface area contributed by atoms with Crippen LogP contribution in [0.25, 0.3) is 6.08 Å². The van der Waals surface area contributed by atoms with Gasteiger partial charge in [0.15, 0.2) is 0 Å². The third-order valence-electron chi connectivity index (χ3n) is 8.78. The van der Waals surface area contributed by atoms with Crippen LogP contribution >= 0.6 is 0 Å². The molecule has 4 rings (SSSR count). The number of benzene rings is 1. The molecule has 11 nitrogen and oxygen atoms in total. The van der Waals surface area contributed by atoms with Gasteiger partial charge < -0.3 is 34.4 Å². The molecule has 1 aromatic carbocycles. The molecular weight excluding hydrogens is 583 g/mol. The van der Waals surface area contributed by atoms with Crippen LogP contribution in [0.2, 0.25) is 0 Å². The summed E-state index contributed by atoms with van der Waals surface area (Å²) in [6, 6.07) is 4.03. The van der Waals surface area contributed by atoms with Crippen molar-refractivity contribution >= 4 is 29.9 Å². The Kier molecular flexibility index (Phi) is 12.0. The van der Waals surface area contributed by atoms with Crippen LogP contribution in [-0.4, -0.2) is 121 Å². The fourth-order valence-electron chi connectivity index (χ4n) is 5.96. The summed E-state index contributed by atoms with van der Waals surface area (Å²) in [5, 5.41) is 19.8. The van der Waals surface area contributed by atoms with Crippen LogP contribution in [0.1, 0.15) is 45.6 Å². The van der Waals surface area contributed by atoms with E-state index in [0.717, 1.165) is 13.1 Å². The number of hydrogen-bond donors (Lipinski definition) is 2. The monoisotopic (exact) mass is 630 g/mol. The van der Waals surface area contributed by atoms with E-state index in [9.17, 15) is 29.0 Å². The molecule has 3 heterocycles. The van der Waals surface area contributed by atoms with Gasteiger partial charge >= 0.3 is 18.1 Å². The number of carbonyl (C=O) groups excluding carboxylic acids is 3. The zero-order chi connectivity index (χ0) is 32.7. The lowest BCUT2D eigenvalue weighted by Gasteiger charge is -2.33. The topological polar surface area (TPSA) is 123 Å². The van der Waals surface area contributed by atoms with Gasteiger partial charge in [-0.15, -0.1) is 0 Å². The Bertz CT molecular complexity index is 1270. The second-order valence-corrected chi connectivity index (χ2v) is 12.5. The molecule has 0 saturated carbocycles. The number of rotatable bonds is 6. The SMILES string of the molecule is C/C(=C\c1cc(F)cc(N2CCN(CCO)C2=O)c1)[C@H]1OC(=O)C[C@H](O)CC[C@H](C)[C@H](OC(=O)N2CCN(C)CC2)/C=C/[C@@H]1C. The van der Waals surface area contributed by atoms with Gasteiger partial charge in [-0.3, -0.25) is 9.69 Å². The van der Waals surface area contributed by atoms with E-state index in [2.05, 4.69) is 4.90 Å². The summed E-state index contributed by atoms with van der Waals surface area (Å²) in [4.78, 5) is 45.5. The third-order valence-corrected chi connectivity index (χ3v) is 8.78. The summed E-state index contributed by atoms with van der Waals surface area (Å²) in [7, 11) is 2.02. The number of nitrogens with zero attached hydrogens (tertiary/aromatic N) is 4. The highest BCUT2D eigenvalue weighted by Crippen LogP contribution is 2.28. The summed E-state index contributed by atoms with van der Waals surface area (Å²) < 4.78 is 26.6. The van der Waals surface area contributed by atoms with Crippen LogP contribution in [0.4, 0.5) is 19.7 Å². The number of halogens is 1. The molecular formula is C33H47FN4O7. The van der Waals surface area contributed by atoms with Crippen LogP contribution < -0.4 is 4.90 Å². The molecule has 3 aliphatic heterocycles. The van der Waals surface area contributed by atoms with Gasteiger partial charge in [0, 0.05) is 57.4 Å². The van der Waals surface area contributed by atoms with Gasteiger partial charge in [-0.2, -0.15) is 0 Å². The number of hydrogen-bond acceptors (Lipinski definition) is 8. The molecule has 2 fully saturated rings. The van der Waals surface area contributed by atoms with Gasteiger partial charge in [0.1, 0.15) is 18.0 Å². The van der Waals surface area contributed by atoms with Crippen LogP contribution in [0, 0.1) is 17.7 Å². The zero-order valence-electron chi connectivity index (χ0n) is 26.7. The molecule has 0 aliphatic carbocycles. The first-order valence-electron chi connectivity index (χ1n) is 15.8. The number of aliphatic hydroxyl groups is 2. The standard InChI is InChI=1S/C33H47FN4O7/c1-22-5-7-28(40)21-30(41)45-31(23(2)6-8-29(22)44-33(43)37-11-9-35(4)10-12-37)24(3)17-25-18-26(34)20-27(19-25)38-14-13-36(15-16-39)32(38)42/h6,8,17-20,22-23,28-29,31,39-40H,5,7,9-16,21H2,1-4H3/b8-6+,24-17+/t22-,23-,28+,29+,31-/m0/s1. The number of cyclic esters (lactones) is 1. The van der Waals surface area contributed by atoms with Crippen LogP contribution in [0.5, 0.6) is 0 Å². The van der Waals surface area contributed by atoms with Crippen LogP contribution in [-0.2, 0) is 14.3 Å². The summed E-state index contributed by atoms with van der Waals surface area (Å²) in [5.74, 6) is -1.51. The van der Waals surface area contributed by atoms with E-state index in [1.165, 1.54) is 21.9 Å². The fraction of sp³-hybridized carbons (Fsp3) is 0.606. The first kappa shape index (κ1) is 34.4. The Morgan fingerprint density at radius 3 is 2.51 bits per heavy atom. The van der Waals surface area contributed by atoms with E-state index in [4.69, 9.17) is 9.47 Å². The van der Waals surface area contributed by atoms with Gasteiger partial charge in [0.05, 0.1) is 19.1 Å². The molecule has 248 valence electrons. The Labute approximate surface area is 264 Å². The highest BCUT2D eigenvalue weighted by atomic mass is 19.1. The maximum atomic E-state index is 14.8. The van der Waals surface area contributed by atoms with Gasteiger partial charge in [0.2, 0.25) is 0 Å². The molecule has 2 saturated heterocycles. The largest absolute Gasteiger partial charge is 0.457 e. The van der Waals surface area contributed by atoms with Crippen LogP contribution in [0.15, 0.2) is 35.9 Å². The number of carbonyl (C=O) groups is 3. The smallest absolute Gasteiger partial charge is 0.410 e. The van der Waals surface area contributed by atoms with E-state index in [1.54, 1.807) is 24.0 Å². The Balaban J connectivity index is 1.57. The molecule has 5 atom stereocenters. The van der Waals surface area contributed by atoms with Crippen molar-refractivity contribution in [2.45, 2.75) is 58.3 Å². The number of urea groups is 1. The quantitative estimate of drug-likeness (QED) is 0.362. The fourth-order valence-corrected chi connectivity index (χ4v) is 5.96. The molecule has 1 aromatic rings. The lowest BCUT2D eigenvalue weighted by molar-refractivity contribution is -0.151. The summed E-state index contributed by atoms with van der Waals surface area (Å²) >= 11 is 0. The molecule has 0 radical (unpaired) electrons. The van der Waals surface area contributed by atoms with Gasteiger partial charge in [0.25, 0.3) is 0 Å². The highest BCUT2D eigenvalue weighted by Gasteiger charge is 2.31. The maximum Gasteiger partial charge on any atom is 0.410 e. The number of aliphatic hydroxyl groups excluding tert-OH is 2. The maximum absolute atomic E-state index is 14.8. The molecule has 3 amide bonds. The van der Waals surface area contributed by atoms with Crippen molar-refractivity contribution in [1.29, 1.82) is 0 Å². The molecule has 0 spiro atoms. The Morgan fingerprint density at radius 2 is 1.80 bits per heavy atom. The second-order valence-electron chi connectivity index (χ2n) is 12.5. The van der Waals surface area contributed by atoms with Crippen molar-refractivity contribution in [1.82, 2.24) is 14.7 Å². The minimum absolute atomic E-state index is 0.0997. The lowest BCUT2D eigenvalue weighted by Crippen LogP contribution is -2.48. The molecule has 45 heavy (non-hydrogen) atoms. The lowest BCUT2D eigenvalue weighted by atomic mass is 9.91. The zero-order valence-corrected chi connectivity index (χ0v) is 26.7. The minimum atomic E-state index is -0.910. The van der Waals surface area contributed by atoms with Crippen molar-refractivity contribution in [3.8, 4) is 0 Å². The number of likely N-dealkylation sites (N-methyl/N-ethyl adjacent to an activating group) is 1. The molecule has 0 unspecified atom stereocenters. The minimum Gasteiger partial charge on any atom is -0.457 e. The van der Waals surface area contributed by atoms with E-state index in [-0.39, 0.29) is 43.5 Å². The third kappa shape index (κ3) is 9.27. The predicted octanol–water partition coefficient (Wildman–Crippen LogP) is 3.50.